The minimum Gasteiger partial charge on any atom is -0.493 e. The molecule has 3 heterocycles. The van der Waals surface area contributed by atoms with E-state index in [1.165, 1.54) is 23.5 Å². The first kappa shape index (κ1) is 20.7. The highest BCUT2D eigenvalue weighted by Crippen LogP contribution is 2.33. The molecule has 0 aliphatic carbocycles. The predicted octanol–water partition coefficient (Wildman–Crippen LogP) is 2.44. The van der Waals surface area contributed by atoms with Crippen LogP contribution >= 0.6 is 0 Å². The summed E-state index contributed by atoms with van der Waals surface area (Å²) in [5.41, 5.74) is 2.61. The summed E-state index contributed by atoms with van der Waals surface area (Å²) in [7, 11) is 3.26. The topological polar surface area (TPSA) is 96.8 Å². The fourth-order valence-corrected chi connectivity index (χ4v) is 3.78. The highest BCUT2D eigenvalue weighted by molar-refractivity contribution is 5.94. The summed E-state index contributed by atoms with van der Waals surface area (Å²) in [5, 5.41) is 2.84. The lowest BCUT2D eigenvalue weighted by atomic mass is 9.99. The van der Waals surface area contributed by atoms with Crippen LogP contribution in [0.3, 0.4) is 0 Å². The van der Waals surface area contributed by atoms with Crippen molar-refractivity contribution in [2.45, 2.75) is 13.0 Å². The van der Waals surface area contributed by atoms with Crippen molar-refractivity contribution in [3.63, 3.8) is 0 Å². The van der Waals surface area contributed by atoms with Gasteiger partial charge in [0.1, 0.15) is 11.3 Å². The van der Waals surface area contributed by atoms with E-state index in [9.17, 15) is 9.59 Å². The number of nitrogens with one attached hydrogen (secondary N) is 2. The summed E-state index contributed by atoms with van der Waals surface area (Å²) in [6.45, 7) is 2.78. The maximum absolute atomic E-state index is 12.5. The second-order valence-corrected chi connectivity index (χ2v) is 7.35. The number of nitrogens with zero attached hydrogens (tertiary/aromatic N) is 1. The van der Waals surface area contributed by atoms with Crippen molar-refractivity contribution in [1.29, 1.82) is 0 Å². The van der Waals surface area contributed by atoms with Crippen molar-refractivity contribution in [1.82, 2.24) is 15.2 Å². The SMILES string of the molecule is COc1cc2c(cc1OC)CN(CCNC(=O)c1ccc(-c3ccco3)[nH]c1=O)CC2. The van der Waals surface area contributed by atoms with E-state index in [1.54, 1.807) is 32.4 Å². The van der Waals surface area contributed by atoms with Gasteiger partial charge in [0.15, 0.2) is 11.5 Å². The third kappa shape index (κ3) is 4.49. The number of methoxy groups -OCH3 is 2. The summed E-state index contributed by atoms with van der Waals surface area (Å²) >= 11 is 0. The molecule has 31 heavy (non-hydrogen) atoms. The first-order chi connectivity index (χ1) is 15.1. The molecule has 0 unspecified atom stereocenters. The molecule has 1 aliphatic heterocycles. The Morgan fingerprint density at radius 1 is 1.16 bits per heavy atom. The Bertz CT molecular complexity index is 1120. The van der Waals surface area contributed by atoms with Gasteiger partial charge in [0.2, 0.25) is 0 Å². The van der Waals surface area contributed by atoms with Gasteiger partial charge in [0.25, 0.3) is 11.5 Å². The Labute approximate surface area is 179 Å². The largest absolute Gasteiger partial charge is 0.493 e. The van der Waals surface area contributed by atoms with Gasteiger partial charge < -0.3 is 24.2 Å². The van der Waals surface area contributed by atoms with Gasteiger partial charge >= 0.3 is 0 Å². The number of carbonyl (C=O) groups excluding carboxylic acids is 1. The molecule has 0 bridgehead atoms. The molecule has 2 N–H and O–H groups in total. The lowest BCUT2D eigenvalue weighted by molar-refractivity contribution is 0.0945. The number of benzene rings is 1. The monoisotopic (exact) mass is 423 g/mol. The second-order valence-electron chi connectivity index (χ2n) is 7.35. The third-order valence-electron chi connectivity index (χ3n) is 5.45. The molecule has 2 aromatic heterocycles. The van der Waals surface area contributed by atoms with Gasteiger partial charge in [-0.3, -0.25) is 14.5 Å². The number of pyridine rings is 1. The van der Waals surface area contributed by atoms with Crippen LogP contribution < -0.4 is 20.3 Å². The van der Waals surface area contributed by atoms with E-state index in [-0.39, 0.29) is 5.56 Å². The van der Waals surface area contributed by atoms with Crippen LogP contribution in [0.1, 0.15) is 21.5 Å². The quantitative estimate of drug-likeness (QED) is 0.606. The molecule has 1 amide bonds. The Kier molecular flexibility index (Phi) is 6.08. The van der Waals surface area contributed by atoms with Crippen molar-refractivity contribution in [3.8, 4) is 23.0 Å². The van der Waals surface area contributed by atoms with Crippen LogP contribution in [0.4, 0.5) is 0 Å². The van der Waals surface area contributed by atoms with Crippen LogP contribution in [-0.4, -0.2) is 49.6 Å². The molecule has 0 saturated carbocycles. The van der Waals surface area contributed by atoms with Gasteiger partial charge in [0, 0.05) is 26.2 Å². The number of aromatic nitrogens is 1. The zero-order chi connectivity index (χ0) is 21.8. The molecule has 0 atom stereocenters. The maximum atomic E-state index is 12.5. The molecule has 0 saturated heterocycles. The Morgan fingerprint density at radius 3 is 2.61 bits per heavy atom. The number of ether oxygens (including phenoxy) is 2. The van der Waals surface area contributed by atoms with E-state index in [0.717, 1.165) is 25.3 Å². The van der Waals surface area contributed by atoms with Crippen LogP contribution in [-0.2, 0) is 13.0 Å². The Balaban J connectivity index is 1.34. The summed E-state index contributed by atoms with van der Waals surface area (Å²) < 4.78 is 16.1. The average Bonchev–Trinajstić information content (AvgIpc) is 3.33. The van der Waals surface area contributed by atoms with Crippen LogP contribution in [0.25, 0.3) is 11.5 Å². The Morgan fingerprint density at radius 2 is 1.94 bits per heavy atom. The summed E-state index contributed by atoms with van der Waals surface area (Å²) in [6.07, 6.45) is 2.43. The number of aromatic amines is 1. The summed E-state index contributed by atoms with van der Waals surface area (Å²) in [5.74, 6) is 1.61. The van der Waals surface area contributed by atoms with Crippen LogP contribution in [0, 0.1) is 0 Å². The molecular formula is C23H25N3O5. The smallest absolute Gasteiger partial charge is 0.261 e. The molecule has 1 aliphatic rings. The fraction of sp³-hybridized carbons (Fsp3) is 0.304. The maximum Gasteiger partial charge on any atom is 0.261 e. The summed E-state index contributed by atoms with van der Waals surface area (Å²) in [6, 6.07) is 10.7. The van der Waals surface area contributed by atoms with E-state index < -0.39 is 11.5 Å². The van der Waals surface area contributed by atoms with E-state index in [2.05, 4.69) is 15.2 Å². The molecule has 0 fully saturated rings. The van der Waals surface area contributed by atoms with Gasteiger partial charge in [0.05, 0.1) is 26.2 Å². The van der Waals surface area contributed by atoms with Crippen molar-refractivity contribution < 1.29 is 18.7 Å². The minimum atomic E-state index is -0.445. The predicted molar refractivity (Wildman–Crippen MR) is 116 cm³/mol. The van der Waals surface area contributed by atoms with E-state index >= 15 is 0 Å². The highest BCUT2D eigenvalue weighted by Gasteiger charge is 2.20. The van der Waals surface area contributed by atoms with E-state index in [4.69, 9.17) is 13.9 Å². The molecule has 0 radical (unpaired) electrons. The first-order valence-electron chi connectivity index (χ1n) is 10.1. The van der Waals surface area contributed by atoms with Crippen LogP contribution in [0.2, 0.25) is 0 Å². The molecule has 4 rings (SSSR count). The van der Waals surface area contributed by atoms with Crippen molar-refractivity contribution in [2.75, 3.05) is 33.9 Å². The number of carbonyl (C=O) groups is 1. The van der Waals surface area contributed by atoms with Gasteiger partial charge in [-0.15, -0.1) is 0 Å². The van der Waals surface area contributed by atoms with Gasteiger partial charge in [-0.05, 0) is 53.9 Å². The first-order valence-corrected chi connectivity index (χ1v) is 10.1. The zero-order valence-corrected chi connectivity index (χ0v) is 17.6. The molecule has 8 nitrogen and oxygen atoms in total. The van der Waals surface area contributed by atoms with Gasteiger partial charge in [-0.1, -0.05) is 0 Å². The molecular weight excluding hydrogens is 398 g/mol. The number of amides is 1. The molecule has 0 spiro atoms. The lowest BCUT2D eigenvalue weighted by Gasteiger charge is -2.29. The molecule has 162 valence electrons. The van der Waals surface area contributed by atoms with Crippen molar-refractivity contribution in [3.05, 3.63) is 69.7 Å². The van der Waals surface area contributed by atoms with E-state index in [1.807, 2.05) is 12.1 Å². The number of furan rings is 1. The third-order valence-corrected chi connectivity index (χ3v) is 5.45. The van der Waals surface area contributed by atoms with Crippen LogP contribution in [0.5, 0.6) is 11.5 Å². The summed E-state index contributed by atoms with van der Waals surface area (Å²) in [4.78, 5) is 29.7. The number of hydrogen-bond donors (Lipinski definition) is 2. The normalized spacial score (nSPS) is 13.5. The standard InChI is InChI=1S/C23H25N3O5/c1-29-20-12-15-7-9-26(14-16(15)13-21(20)30-2)10-8-24-22(27)17-5-6-18(25-23(17)28)19-4-3-11-31-19/h3-6,11-13H,7-10,14H2,1-2H3,(H,24,27)(H,25,28). The number of H-pyrrole nitrogens is 1. The second kappa shape index (κ2) is 9.09. The minimum absolute atomic E-state index is 0.0797. The molecule has 8 heteroatoms. The number of hydrogen-bond acceptors (Lipinski definition) is 6. The Hall–Kier alpha value is -3.52. The van der Waals surface area contributed by atoms with Crippen molar-refractivity contribution in [2.24, 2.45) is 0 Å². The lowest BCUT2D eigenvalue weighted by Crippen LogP contribution is -2.39. The van der Waals surface area contributed by atoms with E-state index in [0.29, 0.717) is 30.3 Å². The fourth-order valence-electron chi connectivity index (χ4n) is 3.78. The molecule has 3 aromatic rings. The van der Waals surface area contributed by atoms with Gasteiger partial charge in [-0.25, -0.2) is 0 Å². The van der Waals surface area contributed by atoms with Crippen molar-refractivity contribution >= 4 is 5.91 Å². The average molecular weight is 423 g/mol. The molecule has 1 aromatic carbocycles. The van der Waals surface area contributed by atoms with Crippen LogP contribution in [0.15, 0.2) is 51.9 Å². The highest BCUT2D eigenvalue weighted by atomic mass is 16.5. The van der Waals surface area contributed by atoms with Gasteiger partial charge in [-0.2, -0.15) is 0 Å². The number of rotatable bonds is 7. The zero-order valence-electron chi connectivity index (χ0n) is 17.6. The number of fused-ring (bicyclic) bond motifs is 1.